The fraction of sp³-hybridized carbons (Fsp3) is 1.00. The van der Waals surface area contributed by atoms with Crippen LogP contribution in [0.1, 0.15) is 27.7 Å². The van der Waals surface area contributed by atoms with Gasteiger partial charge in [0.1, 0.15) is 0 Å². The second kappa shape index (κ2) is 5.33. The molecule has 0 aliphatic carbocycles. The summed E-state index contributed by atoms with van der Waals surface area (Å²) in [5.74, 6) is 1.18. The van der Waals surface area contributed by atoms with Crippen molar-refractivity contribution in [2.45, 2.75) is 38.5 Å². The van der Waals surface area contributed by atoms with E-state index in [-0.39, 0.29) is 0 Å². The molecular formula is C8H19NS2. The van der Waals surface area contributed by atoms with Gasteiger partial charge in [-0.2, -0.15) is 0 Å². The molecule has 0 aromatic heterocycles. The molecule has 3 heteroatoms. The van der Waals surface area contributed by atoms with Gasteiger partial charge in [-0.15, -0.1) is 0 Å². The van der Waals surface area contributed by atoms with Gasteiger partial charge in [-0.05, 0) is 14.0 Å². The van der Waals surface area contributed by atoms with Gasteiger partial charge in [0.05, 0.1) is 0 Å². The molecule has 1 nitrogen and oxygen atoms in total. The molecule has 0 saturated heterocycles. The molecule has 0 aromatic carbocycles. The lowest BCUT2D eigenvalue weighted by Crippen LogP contribution is -2.23. The van der Waals surface area contributed by atoms with Gasteiger partial charge < -0.3 is 5.32 Å². The van der Waals surface area contributed by atoms with Gasteiger partial charge in [0.25, 0.3) is 0 Å². The molecule has 68 valence electrons. The van der Waals surface area contributed by atoms with Crippen LogP contribution >= 0.6 is 21.6 Å². The lowest BCUT2D eigenvalue weighted by atomic mass is 10.3. The first-order valence-corrected chi connectivity index (χ1v) is 6.25. The van der Waals surface area contributed by atoms with Crippen molar-refractivity contribution in [3.63, 3.8) is 0 Å². The summed E-state index contributed by atoms with van der Waals surface area (Å²) in [4.78, 5) is 0. The fourth-order valence-electron chi connectivity index (χ4n) is 0.396. The Kier molecular flexibility index (Phi) is 5.65. The SMILES string of the molecule is CN[C@@H](C)CSSC(C)(C)C. The molecule has 0 saturated carbocycles. The topological polar surface area (TPSA) is 12.0 Å². The van der Waals surface area contributed by atoms with E-state index < -0.39 is 0 Å². The molecule has 0 unspecified atom stereocenters. The summed E-state index contributed by atoms with van der Waals surface area (Å²) in [5, 5.41) is 3.22. The minimum Gasteiger partial charge on any atom is -0.316 e. The number of rotatable bonds is 4. The molecule has 0 amide bonds. The predicted octanol–water partition coefficient (Wildman–Crippen LogP) is 2.77. The molecule has 0 bridgehead atoms. The highest BCUT2D eigenvalue weighted by Gasteiger charge is 2.11. The maximum absolute atomic E-state index is 3.22. The first kappa shape index (κ1) is 11.7. The molecule has 11 heavy (non-hydrogen) atoms. The Balaban J connectivity index is 3.28. The Labute approximate surface area is 78.5 Å². The van der Waals surface area contributed by atoms with Crippen molar-refractivity contribution >= 4 is 21.6 Å². The molecule has 0 aliphatic rings. The van der Waals surface area contributed by atoms with Gasteiger partial charge >= 0.3 is 0 Å². The van der Waals surface area contributed by atoms with Crippen molar-refractivity contribution in [1.29, 1.82) is 0 Å². The summed E-state index contributed by atoms with van der Waals surface area (Å²) >= 11 is 0. The van der Waals surface area contributed by atoms with Crippen LogP contribution in [0.15, 0.2) is 0 Å². The van der Waals surface area contributed by atoms with Gasteiger partial charge in [0.15, 0.2) is 0 Å². The van der Waals surface area contributed by atoms with E-state index in [4.69, 9.17) is 0 Å². The molecule has 0 radical (unpaired) electrons. The Morgan fingerprint density at radius 3 is 2.27 bits per heavy atom. The van der Waals surface area contributed by atoms with Crippen LogP contribution in [0.4, 0.5) is 0 Å². The lowest BCUT2D eigenvalue weighted by Gasteiger charge is -2.17. The van der Waals surface area contributed by atoms with Crippen LogP contribution < -0.4 is 5.32 Å². The Hall–Kier alpha value is 0.660. The van der Waals surface area contributed by atoms with E-state index in [1.807, 2.05) is 28.6 Å². The average molecular weight is 193 g/mol. The van der Waals surface area contributed by atoms with E-state index in [9.17, 15) is 0 Å². The fourth-order valence-corrected chi connectivity index (χ4v) is 3.07. The van der Waals surface area contributed by atoms with E-state index >= 15 is 0 Å². The maximum Gasteiger partial charge on any atom is 0.0189 e. The minimum atomic E-state index is 0.387. The predicted molar refractivity (Wildman–Crippen MR) is 58.3 cm³/mol. The largest absolute Gasteiger partial charge is 0.316 e. The van der Waals surface area contributed by atoms with E-state index in [2.05, 4.69) is 33.0 Å². The van der Waals surface area contributed by atoms with Crippen LogP contribution in [0.5, 0.6) is 0 Å². The third-order valence-electron chi connectivity index (χ3n) is 1.12. The molecule has 1 N–H and O–H groups in total. The van der Waals surface area contributed by atoms with E-state index in [1.165, 1.54) is 5.75 Å². The smallest absolute Gasteiger partial charge is 0.0189 e. The zero-order valence-corrected chi connectivity index (χ0v) is 9.73. The summed E-state index contributed by atoms with van der Waals surface area (Å²) in [7, 11) is 5.91. The Bertz CT molecular complexity index is 98.8. The van der Waals surface area contributed by atoms with Crippen molar-refractivity contribution in [2.75, 3.05) is 12.8 Å². The van der Waals surface area contributed by atoms with E-state index in [0.717, 1.165) is 0 Å². The second-order valence-corrected chi connectivity index (χ2v) is 6.84. The van der Waals surface area contributed by atoms with Crippen LogP contribution in [0, 0.1) is 0 Å². The zero-order chi connectivity index (χ0) is 8.91. The second-order valence-electron chi connectivity index (χ2n) is 3.67. The van der Waals surface area contributed by atoms with Crippen molar-refractivity contribution in [3.05, 3.63) is 0 Å². The summed E-state index contributed by atoms with van der Waals surface area (Å²) < 4.78 is 0.387. The molecular weight excluding hydrogens is 174 g/mol. The van der Waals surface area contributed by atoms with Gasteiger partial charge in [-0.25, -0.2) is 0 Å². The summed E-state index contributed by atoms with van der Waals surface area (Å²) in [6.45, 7) is 8.94. The Morgan fingerprint density at radius 1 is 1.36 bits per heavy atom. The van der Waals surface area contributed by atoms with Crippen LogP contribution in [-0.4, -0.2) is 23.6 Å². The third-order valence-corrected chi connectivity index (χ3v) is 4.64. The van der Waals surface area contributed by atoms with Gasteiger partial charge in [0, 0.05) is 16.5 Å². The normalized spacial score (nSPS) is 15.0. The molecule has 0 aliphatic heterocycles. The van der Waals surface area contributed by atoms with Gasteiger partial charge in [-0.3, -0.25) is 0 Å². The summed E-state index contributed by atoms with van der Waals surface area (Å²) in [5.41, 5.74) is 0. The monoisotopic (exact) mass is 193 g/mol. The first-order valence-electron chi connectivity index (χ1n) is 3.93. The quantitative estimate of drug-likeness (QED) is 0.690. The van der Waals surface area contributed by atoms with Crippen LogP contribution in [0.25, 0.3) is 0 Å². The highest BCUT2D eigenvalue weighted by molar-refractivity contribution is 8.77. The van der Waals surface area contributed by atoms with E-state index in [0.29, 0.717) is 10.8 Å². The number of hydrogen-bond acceptors (Lipinski definition) is 3. The molecule has 0 fully saturated rings. The van der Waals surface area contributed by atoms with E-state index in [1.54, 1.807) is 0 Å². The summed E-state index contributed by atoms with van der Waals surface area (Å²) in [6, 6.07) is 0.620. The molecule has 0 rings (SSSR count). The number of hydrogen-bond donors (Lipinski definition) is 1. The van der Waals surface area contributed by atoms with Gasteiger partial charge in [0.2, 0.25) is 0 Å². The van der Waals surface area contributed by atoms with Crippen LogP contribution in [-0.2, 0) is 0 Å². The lowest BCUT2D eigenvalue weighted by molar-refractivity contribution is 0.678. The van der Waals surface area contributed by atoms with Crippen molar-refractivity contribution in [2.24, 2.45) is 0 Å². The Morgan fingerprint density at radius 2 is 1.91 bits per heavy atom. The van der Waals surface area contributed by atoms with Crippen molar-refractivity contribution < 1.29 is 0 Å². The maximum atomic E-state index is 3.22. The zero-order valence-electron chi connectivity index (χ0n) is 8.10. The standard InChI is InChI=1S/C8H19NS2/c1-7(9-5)6-10-11-8(2,3)4/h7,9H,6H2,1-5H3/t7-/m0/s1. The van der Waals surface area contributed by atoms with Gasteiger partial charge in [-0.1, -0.05) is 42.4 Å². The van der Waals surface area contributed by atoms with Crippen molar-refractivity contribution in [1.82, 2.24) is 5.32 Å². The molecule has 1 atom stereocenters. The highest BCUT2D eigenvalue weighted by Crippen LogP contribution is 2.35. The molecule has 0 spiro atoms. The van der Waals surface area contributed by atoms with Crippen LogP contribution in [0.3, 0.4) is 0 Å². The first-order chi connectivity index (χ1) is 4.95. The average Bonchev–Trinajstić information content (AvgIpc) is 1.85. The highest BCUT2D eigenvalue weighted by atomic mass is 33.1. The third kappa shape index (κ3) is 8.57. The molecule has 0 aromatic rings. The minimum absolute atomic E-state index is 0.387. The van der Waals surface area contributed by atoms with Crippen molar-refractivity contribution in [3.8, 4) is 0 Å². The number of nitrogens with one attached hydrogen (secondary N) is 1. The van der Waals surface area contributed by atoms with Crippen LogP contribution in [0.2, 0.25) is 0 Å². The molecule has 0 heterocycles. The summed E-state index contributed by atoms with van der Waals surface area (Å²) in [6.07, 6.45) is 0.